The molecule has 3 heterocycles. The third-order valence-corrected chi connectivity index (χ3v) is 4.80. The maximum atomic E-state index is 13.0. The van der Waals surface area contributed by atoms with Gasteiger partial charge in [-0.05, 0) is 32.3 Å². The van der Waals surface area contributed by atoms with Gasteiger partial charge in [0.1, 0.15) is 11.5 Å². The first-order valence-corrected chi connectivity index (χ1v) is 9.08. The number of H-pyrrole nitrogens is 1. The van der Waals surface area contributed by atoms with Crippen LogP contribution in [0.2, 0.25) is 0 Å². The Hall–Kier alpha value is -2.96. The number of nitrogens with zero attached hydrogens (tertiary/aromatic N) is 5. The van der Waals surface area contributed by atoms with E-state index in [1.54, 1.807) is 10.7 Å². The van der Waals surface area contributed by atoms with Gasteiger partial charge in [0.05, 0.1) is 6.04 Å². The normalized spacial score (nSPS) is 17.4. The fourth-order valence-electron chi connectivity index (χ4n) is 3.40. The van der Waals surface area contributed by atoms with E-state index >= 15 is 0 Å². The average molecular weight is 350 g/mol. The minimum Gasteiger partial charge on any atom is -0.327 e. The topological polar surface area (TPSA) is 79.7 Å². The molecule has 26 heavy (non-hydrogen) atoms. The van der Waals surface area contributed by atoms with E-state index < -0.39 is 0 Å². The third kappa shape index (κ3) is 3.12. The van der Waals surface area contributed by atoms with Gasteiger partial charge in [0.15, 0.2) is 5.82 Å². The number of carbonyl (C=O) groups excluding carboxylic acids is 1. The number of piperidine rings is 1. The molecule has 1 unspecified atom stereocenters. The molecule has 134 valence electrons. The minimum absolute atomic E-state index is 0.0421. The molecular weight excluding hydrogens is 328 g/mol. The molecule has 0 radical (unpaired) electrons. The van der Waals surface area contributed by atoms with Gasteiger partial charge in [0.2, 0.25) is 0 Å². The van der Waals surface area contributed by atoms with Gasteiger partial charge in [-0.25, -0.2) is 4.98 Å². The number of aromatic nitrogens is 5. The highest BCUT2D eigenvalue weighted by atomic mass is 16.2. The molecule has 1 aliphatic heterocycles. The number of rotatable bonds is 4. The zero-order valence-electron chi connectivity index (χ0n) is 14.8. The molecule has 1 atom stereocenters. The quantitative estimate of drug-likeness (QED) is 0.784. The maximum absolute atomic E-state index is 13.0. The van der Waals surface area contributed by atoms with Crippen LogP contribution in [-0.2, 0) is 6.54 Å². The van der Waals surface area contributed by atoms with Crippen molar-refractivity contribution in [2.45, 2.75) is 38.8 Å². The number of carbonyl (C=O) groups is 1. The van der Waals surface area contributed by atoms with Gasteiger partial charge in [-0.15, -0.1) is 0 Å². The number of likely N-dealkylation sites (tertiary alicyclic amines) is 1. The molecule has 1 aromatic carbocycles. The van der Waals surface area contributed by atoms with Crippen LogP contribution in [0.25, 0.3) is 11.4 Å². The summed E-state index contributed by atoms with van der Waals surface area (Å²) in [5.74, 6) is 1.36. The van der Waals surface area contributed by atoms with E-state index in [-0.39, 0.29) is 11.9 Å². The lowest BCUT2D eigenvalue weighted by Crippen LogP contribution is -2.39. The zero-order valence-corrected chi connectivity index (χ0v) is 14.8. The Balaban J connectivity index is 1.60. The Morgan fingerprint density at radius 2 is 2.08 bits per heavy atom. The maximum Gasteiger partial charge on any atom is 0.274 e. The predicted molar refractivity (Wildman–Crippen MR) is 97.3 cm³/mol. The summed E-state index contributed by atoms with van der Waals surface area (Å²) in [4.78, 5) is 19.5. The van der Waals surface area contributed by atoms with Crippen LogP contribution in [0, 0.1) is 0 Å². The Morgan fingerprint density at radius 1 is 1.23 bits per heavy atom. The van der Waals surface area contributed by atoms with E-state index in [2.05, 4.69) is 20.3 Å². The SMILES string of the molecule is CCn1ccc(C(=O)N2CCCCC2c2nc(-c3ccccc3)n[nH]2)n1. The van der Waals surface area contributed by atoms with Crippen LogP contribution >= 0.6 is 0 Å². The lowest BCUT2D eigenvalue weighted by molar-refractivity contribution is 0.0593. The summed E-state index contributed by atoms with van der Waals surface area (Å²) >= 11 is 0. The summed E-state index contributed by atoms with van der Waals surface area (Å²) in [6.45, 7) is 3.47. The van der Waals surface area contributed by atoms with Crippen LogP contribution in [0.1, 0.15) is 48.5 Å². The Bertz CT molecular complexity index is 884. The van der Waals surface area contributed by atoms with Crippen molar-refractivity contribution < 1.29 is 4.79 Å². The van der Waals surface area contributed by atoms with E-state index in [1.807, 2.05) is 48.4 Å². The third-order valence-electron chi connectivity index (χ3n) is 4.80. The summed E-state index contributed by atoms with van der Waals surface area (Å²) < 4.78 is 1.77. The lowest BCUT2D eigenvalue weighted by Gasteiger charge is -2.33. The standard InChI is InChI=1S/C19H22N6O/c1-2-24-13-11-15(23-24)19(26)25-12-7-6-10-16(25)18-20-17(21-22-18)14-8-4-3-5-9-14/h3-5,8-9,11,13,16H,2,6-7,10,12H2,1H3,(H,20,21,22). The molecule has 1 aliphatic rings. The van der Waals surface area contributed by atoms with Crippen LogP contribution in [0.15, 0.2) is 42.6 Å². The fraction of sp³-hybridized carbons (Fsp3) is 0.368. The molecule has 2 aromatic heterocycles. The van der Waals surface area contributed by atoms with Crippen molar-refractivity contribution in [1.29, 1.82) is 0 Å². The smallest absolute Gasteiger partial charge is 0.274 e. The number of amides is 1. The van der Waals surface area contributed by atoms with E-state index in [4.69, 9.17) is 0 Å². The second-order valence-electron chi connectivity index (χ2n) is 6.48. The molecule has 1 saturated heterocycles. The first-order chi connectivity index (χ1) is 12.8. The van der Waals surface area contributed by atoms with Gasteiger partial charge in [-0.2, -0.15) is 10.2 Å². The van der Waals surface area contributed by atoms with Crippen LogP contribution in [-0.4, -0.2) is 42.3 Å². The van der Waals surface area contributed by atoms with E-state index in [9.17, 15) is 4.79 Å². The molecular formula is C19H22N6O. The Morgan fingerprint density at radius 3 is 2.85 bits per heavy atom. The summed E-state index contributed by atoms with van der Waals surface area (Å²) in [6.07, 6.45) is 4.79. The summed E-state index contributed by atoms with van der Waals surface area (Å²) in [6, 6.07) is 11.6. The Kier molecular flexibility index (Phi) is 4.51. The molecule has 0 saturated carbocycles. The van der Waals surface area contributed by atoms with Gasteiger partial charge >= 0.3 is 0 Å². The predicted octanol–water partition coefficient (Wildman–Crippen LogP) is 3.06. The zero-order chi connectivity index (χ0) is 17.9. The molecule has 0 aliphatic carbocycles. The molecule has 7 nitrogen and oxygen atoms in total. The average Bonchev–Trinajstić information content (AvgIpc) is 3.38. The monoisotopic (exact) mass is 350 g/mol. The van der Waals surface area contributed by atoms with Crippen LogP contribution in [0.5, 0.6) is 0 Å². The van der Waals surface area contributed by atoms with Crippen LogP contribution in [0.4, 0.5) is 0 Å². The summed E-state index contributed by atoms with van der Waals surface area (Å²) in [5.41, 5.74) is 1.45. The summed E-state index contributed by atoms with van der Waals surface area (Å²) in [5, 5.41) is 11.8. The van der Waals surface area contributed by atoms with Crippen molar-refractivity contribution in [2.24, 2.45) is 0 Å². The number of aromatic amines is 1. The molecule has 7 heteroatoms. The minimum atomic E-state index is -0.0898. The largest absolute Gasteiger partial charge is 0.327 e. The first-order valence-electron chi connectivity index (χ1n) is 9.08. The van der Waals surface area contributed by atoms with Crippen molar-refractivity contribution in [3.63, 3.8) is 0 Å². The highest BCUT2D eigenvalue weighted by Crippen LogP contribution is 2.31. The van der Waals surface area contributed by atoms with Crippen molar-refractivity contribution in [2.75, 3.05) is 6.54 Å². The highest BCUT2D eigenvalue weighted by Gasteiger charge is 2.32. The molecule has 0 bridgehead atoms. The molecule has 1 fully saturated rings. The summed E-state index contributed by atoms with van der Waals surface area (Å²) in [7, 11) is 0. The molecule has 3 aromatic rings. The van der Waals surface area contributed by atoms with Crippen molar-refractivity contribution in [3.05, 3.63) is 54.1 Å². The van der Waals surface area contributed by atoms with Gasteiger partial charge in [-0.3, -0.25) is 14.6 Å². The number of hydrogen-bond donors (Lipinski definition) is 1. The second kappa shape index (κ2) is 7.11. The van der Waals surface area contributed by atoms with E-state index in [0.717, 1.165) is 37.2 Å². The van der Waals surface area contributed by atoms with Gasteiger partial charge in [0.25, 0.3) is 5.91 Å². The molecule has 0 spiro atoms. The van der Waals surface area contributed by atoms with Crippen LogP contribution in [0.3, 0.4) is 0 Å². The first kappa shape index (κ1) is 16.5. The second-order valence-corrected chi connectivity index (χ2v) is 6.48. The van der Waals surface area contributed by atoms with Crippen molar-refractivity contribution in [3.8, 4) is 11.4 Å². The molecule has 1 amide bonds. The van der Waals surface area contributed by atoms with E-state index in [0.29, 0.717) is 18.1 Å². The van der Waals surface area contributed by atoms with Gasteiger partial charge in [-0.1, -0.05) is 30.3 Å². The van der Waals surface area contributed by atoms with Crippen molar-refractivity contribution in [1.82, 2.24) is 29.9 Å². The lowest BCUT2D eigenvalue weighted by atomic mass is 10.0. The van der Waals surface area contributed by atoms with Crippen molar-refractivity contribution >= 4 is 5.91 Å². The number of benzene rings is 1. The van der Waals surface area contributed by atoms with Gasteiger partial charge in [0, 0.05) is 24.8 Å². The molecule has 1 N–H and O–H groups in total. The molecule has 4 rings (SSSR count). The number of nitrogens with one attached hydrogen (secondary N) is 1. The van der Waals surface area contributed by atoms with Gasteiger partial charge < -0.3 is 4.90 Å². The van der Waals surface area contributed by atoms with E-state index in [1.165, 1.54) is 0 Å². The number of hydrogen-bond acceptors (Lipinski definition) is 4. The highest BCUT2D eigenvalue weighted by molar-refractivity contribution is 5.92. The Labute approximate surface area is 152 Å². The number of aryl methyl sites for hydroxylation is 1. The fourth-order valence-corrected chi connectivity index (χ4v) is 3.40. The van der Waals surface area contributed by atoms with Crippen LogP contribution < -0.4 is 0 Å².